The number of thiazole rings is 1. The zero-order valence-corrected chi connectivity index (χ0v) is 12.0. The number of carbonyl (C=O) groups is 1. The van der Waals surface area contributed by atoms with Crippen LogP contribution in [0.2, 0.25) is 0 Å². The van der Waals surface area contributed by atoms with Gasteiger partial charge in [-0.1, -0.05) is 0 Å². The number of aromatic nitrogens is 3. The lowest BCUT2D eigenvalue weighted by Crippen LogP contribution is -2.48. The first-order valence-corrected chi connectivity index (χ1v) is 7.26. The number of anilines is 2. The van der Waals surface area contributed by atoms with Crippen molar-refractivity contribution < 1.29 is 4.79 Å². The first kappa shape index (κ1) is 12.9. The fourth-order valence-corrected chi connectivity index (χ4v) is 2.95. The summed E-state index contributed by atoms with van der Waals surface area (Å²) in [6.07, 6.45) is 3.33. The highest BCUT2D eigenvalue weighted by Crippen LogP contribution is 2.20. The lowest BCUT2D eigenvalue weighted by Gasteiger charge is -2.34. The van der Waals surface area contributed by atoms with Crippen LogP contribution < -0.4 is 10.6 Å². The smallest absolute Gasteiger partial charge is 0.259 e. The zero-order chi connectivity index (χ0) is 14.1. The van der Waals surface area contributed by atoms with Gasteiger partial charge >= 0.3 is 0 Å². The summed E-state index contributed by atoms with van der Waals surface area (Å²) in [5.74, 6) is 0.367. The van der Waals surface area contributed by atoms with E-state index in [2.05, 4.69) is 15.0 Å². The summed E-state index contributed by atoms with van der Waals surface area (Å²) in [6.45, 7) is 2.93. The Morgan fingerprint density at radius 1 is 1.35 bits per heavy atom. The summed E-state index contributed by atoms with van der Waals surface area (Å²) in [5.41, 5.74) is 6.33. The van der Waals surface area contributed by atoms with E-state index in [1.807, 2.05) is 10.3 Å². The first-order valence-electron chi connectivity index (χ1n) is 6.38. The number of nitrogens with zero attached hydrogens (tertiary/aromatic N) is 5. The lowest BCUT2D eigenvalue weighted by atomic mass is 10.2. The predicted octanol–water partition coefficient (Wildman–Crippen LogP) is 0.421. The molecule has 0 unspecified atom stereocenters. The quantitative estimate of drug-likeness (QED) is 0.868. The van der Waals surface area contributed by atoms with E-state index in [1.54, 1.807) is 24.6 Å². The van der Waals surface area contributed by atoms with Gasteiger partial charge in [-0.05, 0) is 0 Å². The van der Waals surface area contributed by atoms with Crippen LogP contribution in [0, 0.1) is 0 Å². The monoisotopic (exact) mass is 292 g/mol. The van der Waals surface area contributed by atoms with Gasteiger partial charge in [0.15, 0.2) is 5.13 Å². The molecule has 0 spiro atoms. The van der Waals surface area contributed by atoms with Gasteiger partial charge in [0.2, 0.25) is 0 Å². The fourth-order valence-electron chi connectivity index (χ4n) is 2.26. The van der Waals surface area contributed by atoms with Gasteiger partial charge in [0.05, 0.1) is 6.20 Å². The van der Waals surface area contributed by atoms with E-state index in [9.17, 15) is 4.79 Å². The zero-order valence-electron chi connectivity index (χ0n) is 11.2. The molecule has 106 valence electrons. The van der Waals surface area contributed by atoms with Crippen molar-refractivity contribution in [1.82, 2.24) is 19.7 Å². The molecule has 20 heavy (non-hydrogen) atoms. The van der Waals surface area contributed by atoms with E-state index in [1.165, 1.54) is 10.9 Å². The van der Waals surface area contributed by atoms with E-state index < -0.39 is 0 Å². The van der Waals surface area contributed by atoms with E-state index in [4.69, 9.17) is 5.73 Å². The second kappa shape index (κ2) is 5.12. The molecule has 2 aromatic heterocycles. The second-order valence-corrected chi connectivity index (χ2v) is 5.53. The van der Waals surface area contributed by atoms with Crippen LogP contribution in [-0.4, -0.2) is 51.8 Å². The van der Waals surface area contributed by atoms with E-state index in [-0.39, 0.29) is 5.91 Å². The predicted molar refractivity (Wildman–Crippen MR) is 77.9 cm³/mol. The number of nitrogens with two attached hydrogens (primary N) is 1. The highest BCUT2D eigenvalue weighted by Gasteiger charge is 2.25. The molecule has 1 aliphatic heterocycles. The number of hydrogen-bond donors (Lipinski definition) is 1. The molecule has 0 bridgehead atoms. The second-order valence-electron chi connectivity index (χ2n) is 4.66. The van der Waals surface area contributed by atoms with E-state index in [0.717, 1.165) is 18.2 Å². The molecular weight excluding hydrogens is 276 g/mol. The van der Waals surface area contributed by atoms with Crippen LogP contribution in [-0.2, 0) is 7.05 Å². The number of carbonyl (C=O) groups excluding carboxylic acids is 1. The van der Waals surface area contributed by atoms with Crippen LogP contribution in [0.3, 0.4) is 0 Å². The van der Waals surface area contributed by atoms with Crippen LogP contribution in [0.1, 0.15) is 10.4 Å². The normalized spacial score (nSPS) is 15.7. The van der Waals surface area contributed by atoms with Gasteiger partial charge in [-0.3, -0.25) is 9.48 Å². The third-order valence-corrected chi connectivity index (χ3v) is 4.30. The summed E-state index contributed by atoms with van der Waals surface area (Å²) in [4.78, 5) is 20.7. The summed E-state index contributed by atoms with van der Waals surface area (Å²) in [5, 5.41) is 6.99. The Labute approximate surface area is 120 Å². The summed E-state index contributed by atoms with van der Waals surface area (Å²) < 4.78 is 1.51. The molecule has 0 aromatic carbocycles. The standard InChI is InChI=1S/C12H16N6OS/c1-16-10(13)9(8-15-16)11(19)17-3-5-18(6-4-17)12-14-2-7-20-12/h2,7-8H,3-6,13H2,1H3. The maximum absolute atomic E-state index is 12.4. The van der Waals surface area contributed by atoms with Crippen LogP contribution in [0.4, 0.5) is 10.9 Å². The highest BCUT2D eigenvalue weighted by atomic mass is 32.1. The molecule has 1 aliphatic rings. The van der Waals surface area contributed by atoms with Gasteiger partial charge in [-0.25, -0.2) is 4.98 Å². The Hall–Kier alpha value is -2.09. The third-order valence-electron chi connectivity index (χ3n) is 3.47. The Morgan fingerprint density at radius 3 is 2.65 bits per heavy atom. The van der Waals surface area contributed by atoms with Crippen LogP contribution in [0.25, 0.3) is 0 Å². The van der Waals surface area contributed by atoms with Crippen molar-refractivity contribution in [2.75, 3.05) is 36.8 Å². The van der Waals surface area contributed by atoms with Gasteiger partial charge in [0.1, 0.15) is 11.4 Å². The highest BCUT2D eigenvalue weighted by molar-refractivity contribution is 7.13. The number of piperazine rings is 1. The lowest BCUT2D eigenvalue weighted by molar-refractivity contribution is 0.0748. The molecule has 8 heteroatoms. The van der Waals surface area contributed by atoms with Crippen molar-refractivity contribution in [2.24, 2.45) is 7.05 Å². The SMILES string of the molecule is Cn1ncc(C(=O)N2CCN(c3nccs3)CC2)c1N. The largest absolute Gasteiger partial charge is 0.383 e. The third kappa shape index (κ3) is 2.22. The van der Waals surface area contributed by atoms with Crippen molar-refractivity contribution in [3.05, 3.63) is 23.3 Å². The molecule has 3 rings (SSSR count). The number of hydrogen-bond acceptors (Lipinski definition) is 6. The first-order chi connectivity index (χ1) is 9.66. The van der Waals surface area contributed by atoms with Gasteiger partial charge in [0, 0.05) is 44.8 Å². The molecule has 7 nitrogen and oxygen atoms in total. The van der Waals surface area contributed by atoms with Crippen molar-refractivity contribution in [1.29, 1.82) is 0 Å². The Morgan fingerprint density at radius 2 is 2.10 bits per heavy atom. The fraction of sp³-hybridized carbons (Fsp3) is 0.417. The maximum Gasteiger partial charge on any atom is 0.259 e. The number of nitrogen functional groups attached to an aromatic ring is 1. The Bertz CT molecular complexity index is 600. The molecular formula is C12H16N6OS. The van der Waals surface area contributed by atoms with E-state index in [0.29, 0.717) is 24.5 Å². The average molecular weight is 292 g/mol. The summed E-state index contributed by atoms with van der Waals surface area (Å²) >= 11 is 1.62. The summed E-state index contributed by atoms with van der Waals surface area (Å²) in [6, 6.07) is 0. The molecule has 0 aliphatic carbocycles. The van der Waals surface area contributed by atoms with Crippen molar-refractivity contribution in [2.45, 2.75) is 0 Å². The summed E-state index contributed by atoms with van der Waals surface area (Å²) in [7, 11) is 1.73. The number of rotatable bonds is 2. The maximum atomic E-state index is 12.4. The molecule has 0 atom stereocenters. The minimum absolute atomic E-state index is 0.0469. The minimum Gasteiger partial charge on any atom is -0.383 e. The van der Waals surface area contributed by atoms with Gasteiger partial charge < -0.3 is 15.5 Å². The molecule has 1 saturated heterocycles. The molecule has 2 N–H and O–H groups in total. The van der Waals surface area contributed by atoms with Crippen LogP contribution in [0.5, 0.6) is 0 Å². The number of aryl methyl sites for hydroxylation is 1. The Kier molecular flexibility index (Phi) is 3.31. The molecule has 3 heterocycles. The molecule has 0 radical (unpaired) electrons. The van der Waals surface area contributed by atoms with Crippen LogP contribution in [0.15, 0.2) is 17.8 Å². The topological polar surface area (TPSA) is 80.3 Å². The molecule has 1 amide bonds. The van der Waals surface area contributed by atoms with Gasteiger partial charge in [-0.2, -0.15) is 5.10 Å². The van der Waals surface area contributed by atoms with Crippen molar-refractivity contribution in [3.8, 4) is 0 Å². The van der Waals surface area contributed by atoms with Gasteiger partial charge in [0.25, 0.3) is 5.91 Å². The molecule has 0 saturated carbocycles. The number of amides is 1. The van der Waals surface area contributed by atoms with Crippen LogP contribution >= 0.6 is 11.3 Å². The molecule has 2 aromatic rings. The Balaban J connectivity index is 1.66. The average Bonchev–Trinajstić information content (AvgIpc) is 3.10. The van der Waals surface area contributed by atoms with Gasteiger partial charge in [-0.15, -0.1) is 11.3 Å². The van der Waals surface area contributed by atoms with Crippen molar-refractivity contribution in [3.63, 3.8) is 0 Å². The minimum atomic E-state index is -0.0469. The van der Waals surface area contributed by atoms with E-state index >= 15 is 0 Å². The molecule has 1 fully saturated rings. The van der Waals surface area contributed by atoms with Crippen molar-refractivity contribution >= 4 is 28.2 Å².